The highest BCUT2D eigenvalue weighted by atomic mass is 19.1. The van der Waals surface area contributed by atoms with Crippen molar-refractivity contribution >= 4 is 5.71 Å². The van der Waals surface area contributed by atoms with Crippen molar-refractivity contribution in [3.05, 3.63) is 35.4 Å². The molecule has 1 aromatic rings. The highest BCUT2D eigenvalue weighted by molar-refractivity contribution is 6.01. The minimum Gasteiger partial charge on any atom is -0.392 e. The summed E-state index contributed by atoms with van der Waals surface area (Å²) in [7, 11) is 1.49. The van der Waals surface area contributed by atoms with Crippen molar-refractivity contribution < 1.29 is 24.2 Å². The minimum absolute atomic E-state index is 0.314. The lowest BCUT2D eigenvalue weighted by Gasteiger charge is -2.21. The number of alkyl halides is 1. The van der Waals surface area contributed by atoms with E-state index in [2.05, 4.69) is 5.16 Å². The molecule has 4 N–H and O–H groups in total. The van der Waals surface area contributed by atoms with E-state index in [1.807, 2.05) is 0 Å². The molecule has 0 aliphatic carbocycles. The highest BCUT2D eigenvalue weighted by Crippen LogP contribution is 2.27. The largest absolute Gasteiger partial charge is 0.392 e. The number of rotatable bonds is 7. The van der Waals surface area contributed by atoms with Crippen molar-refractivity contribution in [2.24, 2.45) is 10.9 Å². The van der Waals surface area contributed by atoms with Gasteiger partial charge in [0, 0.05) is 13.5 Å². The Morgan fingerprint density at radius 2 is 2.00 bits per heavy atom. The summed E-state index contributed by atoms with van der Waals surface area (Å²) < 4.78 is 17.9. The molecule has 0 radical (unpaired) electrons. The molecule has 2 rings (SSSR count). The number of aliphatic hydroxyl groups excluding tert-OH is 2. The van der Waals surface area contributed by atoms with Crippen molar-refractivity contribution in [3.8, 4) is 0 Å². The Morgan fingerprint density at radius 1 is 1.36 bits per heavy atom. The van der Waals surface area contributed by atoms with Gasteiger partial charge >= 0.3 is 0 Å². The second-order valence-corrected chi connectivity index (χ2v) is 5.40. The molecule has 0 fully saturated rings. The van der Waals surface area contributed by atoms with E-state index >= 15 is 0 Å². The fraction of sp³-hybridized carbons (Fsp3) is 0.533. The van der Waals surface area contributed by atoms with Crippen LogP contribution in [0.5, 0.6) is 0 Å². The maximum absolute atomic E-state index is 12.7. The van der Waals surface area contributed by atoms with Gasteiger partial charge in [0.05, 0.1) is 31.1 Å². The lowest BCUT2D eigenvalue weighted by Crippen LogP contribution is -2.37. The van der Waals surface area contributed by atoms with Gasteiger partial charge in [-0.25, -0.2) is 4.39 Å². The quantitative estimate of drug-likeness (QED) is 0.682. The number of aliphatic hydroxyl groups is 2. The van der Waals surface area contributed by atoms with E-state index in [9.17, 15) is 14.6 Å². The maximum atomic E-state index is 12.7. The summed E-state index contributed by atoms with van der Waals surface area (Å²) in [5.74, 6) is 0. The van der Waals surface area contributed by atoms with Crippen LogP contribution < -0.4 is 5.73 Å². The monoisotopic (exact) mass is 312 g/mol. The van der Waals surface area contributed by atoms with Crippen LogP contribution in [0.1, 0.15) is 23.7 Å². The van der Waals surface area contributed by atoms with Gasteiger partial charge in [0.15, 0.2) is 5.60 Å². The van der Waals surface area contributed by atoms with E-state index < -0.39 is 24.4 Å². The summed E-state index contributed by atoms with van der Waals surface area (Å²) in [6, 6.07) is 6.47. The molecule has 0 aromatic heterocycles. The number of nitrogens with zero attached hydrogens (tertiary/aromatic N) is 1. The number of oxime groups is 1. The predicted molar refractivity (Wildman–Crippen MR) is 79.3 cm³/mol. The van der Waals surface area contributed by atoms with E-state index in [4.69, 9.17) is 15.3 Å². The summed E-state index contributed by atoms with van der Waals surface area (Å²) in [5.41, 5.74) is 6.85. The summed E-state index contributed by atoms with van der Waals surface area (Å²) in [6.07, 6.45) is -0.202. The Hall–Kier alpha value is -1.54. The normalized spacial score (nSPS) is 19.4. The Labute approximate surface area is 128 Å². The number of methoxy groups -OCH3 is 1. The highest BCUT2D eigenvalue weighted by Gasteiger charge is 2.38. The van der Waals surface area contributed by atoms with E-state index in [0.717, 1.165) is 11.1 Å². The first-order valence-electron chi connectivity index (χ1n) is 7.00. The Kier molecular flexibility index (Phi) is 5.47. The van der Waals surface area contributed by atoms with Crippen LogP contribution in [0.15, 0.2) is 29.4 Å². The molecule has 0 saturated heterocycles. The van der Waals surface area contributed by atoms with Gasteiger partial charge in [0.25, 0.3) is 0 Å². The van der Waals surface area contributed by atoms with Gasteiger partial charge in [-0.3, -0.25) is 0 Å². The van der Waals surface area contributed by atoms with Crippen molar-refractivity contribution in [1.82, 2.24) is 0 Å². The first-order valence-corrected chi connectivity index (χ1v) is 7.00. The summed E-state index contributed by atoms with van der Waals surface area (Å²) in [6.45, 7) is -1.30. The van der Waals surface area contributed by atoms with Gasteiger partial charge in [-0.05, 0) is 11.1 Å². The van der Waals surface area contributed by atoms with Gasteiger partial charge < -0.3 is 25.5 Å². The van der Waals surface area contributed by atoms with Gasteiger partial charge in [0.2, 0.25) is 0 Å². The van der Waals surface area contributed by atoms with Crippen LogP contribution in [0.4, 0.5) is 4.39 Å². The summed E-state index contributed by atoms with van der Waals surface area (Å²) >= 11 is 0. The zero-order valence-corrected chi connectivity index (χ0v) is 12.4. The van der Waals surface area contributed by atoms with Crippen LogP contribution in [-0.2, 0) is 9.57 Å². The number of hydrogen-bond donors (Lipinski definition) is 3. The lowest BCUT2D eigenvalue weighted by atomic mass is 9.94. The van der Waals surface area contributed by atoms with Crippen LogP contribution in [-0.4, -0.2) is 54.6 Å². The Morgan fingerprint density at radius 3 is 2.45 bits per heavy atom. The summed E-state index contributed by atoms with van der Waals surface area (Å²) in [5, 5.41) is 22.5. The second kappa shape index (κ2) is 7.15. The molecule has 1 heterocycles. The first kappa shape index (κ1) is 16.8. The first-order chi connectivity index (χ1) is 10.6. The van der Waals surface area contributed by atoms with E-state index in [-0.39, 0.29) is 13.2 Å². The average Bonchev–Trinajstić information content (AvgIpc) is 3.01. The molecule has 2 atom stereocenters. The van der Waals surface area contributed by atoms with Crippen LogP contribution in [0.3, 0.4) is 0 Å². The topological polar surface area (TPSA) is 97.3 Å². The average molecular weight is 312 g/mol. The number of halogens is 1. The molecular weight excluding hydrogens is 291 g/mol. The third-order valence-electron chi connectivity index (χ3n) is 3.81. The molecule has 7 heteroatoms. The van der Waals surface area contributed by atoms with Crippen molar-refractivity contribution in [2.45, 2.75) is 24.2 Å². The number of nitrogens with two attached hydrogens (primary N) is 1. The Bertz CT molecular complexity index is 517. The van der Waals surface area contributed by atoms with Gasteiger partial charge in [-0.15, -0.1) is 0 Å². The fourth-order valence-electron chi connectivity index (χ4n) is 2.40. The van der Waals surface area contributed by atoms with E-state index in [1.54, 1.807) is 24.3 Å². The molecule has 0 bridgehead atoms. The molecule has 1 aromatic carbocycles. The SMILES string of the molecule is COC(c1ccc(C2=NOC(CO)(CO)C2)cc1)C(N)CF. The third kappa shape index (κ3) is 3.27. The lowest BCUT2D eigenvalue weighted by molar-refractivity contribution is -0.0878. The molecular formula is C15H21FN2O4. The van der Waals surface area contributed by atoms with Crippen LogP contribution >= 0.6 is 0 Å². The Balaban J connectivity index is 2.13. The standard InChI is InChI=1S/C15H21FN2O4/c1-21-14(12(17)7-16)11-4-2-10(3-5-11)13-6-15(8-19,9-20)22-18-13/h2-5,12,14,19-20H,6-9,17H2,1H3. The molecule has 6 nitrogen and oxygen atoms in total. The second-order valence-electron chi connectivity index (χ2n) is 5.40. The van der Waals surface area contributed by atoms with Crippen LogP contribution in [0, 0.1) is 0 Å². The molecule has 22 heavy (non-hydrogen) atoms. The molecule has 2 unspecified atom stereocenters. The van der Waals surface area contributed by atoms with Crippen molar-refractivity contribution in [3.63, 3.8) is 0 Å². The van der Waals surface area contributed by atoms with Gasteiger partial charge in [0.1, 0.15) is 6.67 Å². The van der Waals surface area contributed by atoms with Crippen LogP contribution in [0.25, 0.3) is 0 Å². The molecule has 0 saturated carbocycles. The molecule has 1 aliphatic rings. The van der Waals surface area contributed by atoms with E-state index in [1.165, 1.54) is 7.11 Å². The molecule has 0 amide bonds. The summed E-state index contributed by atoms with van der Waals surface area (Å²) in [4.78, 5) is 5.15. The van der Waals surface area contributed by atoms with Crippen molar-refractivity contribution in [2.75, 3.05) is 27.0 Å². The zero-order chi connectivity index (χ0) is 16.2. The number of benzene rings is 1. The zero-order valence-electron chi connectivity index (χ0n) is 12.4. The smallest absolute Gasteiger partial charge is 0.188 e. The fourth-order valence-corrected chi connectivity index (χ4v) is 2.40. The number of hydrogen-bond acceptors (Lipinski definition) is 6. The van der Waals surface area contributed by atoms with E-state index in [0.29, 0.717) is 12.1 Å². The van der Waals surface area contributed by atoms with Crippen LogP contribution in [0.2, 0.25) is 0 Å². The van der Waals surface area contributed by atoms with Gasteiger partial charge in [-0.1, -0.05) is 29.4 Å². The minimum atomic E-state index is -1.06. The maximum Gasteiger partial charge on any atom is 0.188 e. The number of ether oxygens (including phenoxy) is 1. The van der Waals surface area contributed by atoms with Crippen molar-refractivity contribution in [1.29, 1.82) is 0 Å². The molecule has 1 aliphatic heterocycles. The third-order valence-corrected chi connectivity index (χ3v) is 3.81. The predicted octanol–water partition coefficient (Wildman–Crippen LogP) is 0.519. The molecule has 0 spiro atoms. The molecule has 122 valence electrons. The van der Waals surface area contributed by atoms with Gasteiger partial charge in [-0.2, -0.15) is 0 Å².